The Morgan fingerprint density at radius 1 is 1.25 bits per heavy atom. The van der Waals surface area contributed by atoms with E-state index in [1.807, 2.05) is 6.92 Å². The van der Waals surface area contributed by atoms with Gasteiger partial charge in [0.2, 0.25) is 5.91 Å². The fourth-order valence-electron chi connectivity index (χ4n) is 3.74. The van der Waals surface area contributed by atoms with Crippen LogP contribution in [0.1, 0.15) is 39.0 Å². The Labute approximate surface area is 143 Å². The van der Waals surface area contributed by atoms with E-state index in [-0.39, 0.29) is 30.3 Å². The molecule has 5 atom stereocenters. The Bertz CT molecular complexity index is 416. The highest BCUT2D eigenvalue weighted by atomic mass is 16.6. The van der Waals surface area contributed by atoms with Crippen LogP contribution in [0.2, 0.25) is 0 Å². The molecule has 3 rings (SSSR count). The third-order valence-electron chi connectivity index (χ3n) is 5.09. The predicted octanol–water partition coefficient (Wildman–Crippen LogP) is -0.0429. The first-order valence-electron chi connectivity index (χ1n) is 9.24. The first-order valence-corrected chi connectivity index (χ1v) is 9.24. The molecule has 0 saturated carbocycles. The van der Waals surface area contributed by atoms with Crippen molar-refractivity contribution in [2.45, 2.75) is 75.6 Å². The summed E-state index contributed by atoms with van der Waals surface area (Å²) >= 11 is 0. The van der Waals surface area contributed by atoms with Gasteiger partial charge < -0.3 is 30.0 Å². The minimum atomic E-state index is -0.633. The van der Waals surface area contributed by atoms with Crippen LogP contribution in [-0.4, -0.2) is 73.9 Å². The Morgan fingerprint density at radius 3 is 2.75 bits per heavy atom. The lowest BCUT2D eigenvalue weighted by Gasteiger charge is -2.26. The summed E-state index contributed by atoms with van der Waals surface area (Å²) < 4.78 is 17.2. The number of hydrogen-bond acceptors (Lipinski definition) is 6. The number of carbonyl (C=O) groups excluding carboxylic acids is 1. The lowest BCUT2D eigenvalue weighted by Crippen LogP contribution is -2.44. The van der Waals surface area contributed by atoms with Crippen molar-refractivity contribution in [2.75, 3.05) is 26.3 Å². The smallest absolute Gasteiger partial charge is 0.222 e. The van der Waals surface area contributed by atoms with Gasteiger partial charge in [-0.3, -0.25) is 4.79 Å². The highest BCUT2D eigenvalue weighted by Crippen LogP contribution is 2.35. The summed E-state index contributed by atoms with van der Waals surface area (Å²) in [5.74, 6) is 0.00838. The first-order chi connectivity index (χ1) is 11.7. The van der Waals surface area contributed by atoms with Gasteiger partial charge in [-0.15, -0.1) is 0 Å². The fourth-order valence-corrected chi connectivity index (χ4v) is 3.74. The van der Waals surface area contributed by atoms with E-state index in [2.05, 4.69) is 10.6 Å². The van der Waals surface area contributed by atoms with Crippen LogP contribution >= 0.6 is 0 Å². The van der Waals surface area contributed by atoms with Crippen molar-refractivity contribution in [3.63, 3.8) is 0 Å². The van der Waals surface area contributed by atoms with Crippen molar-refractivity contribution in [1.29, 1.82) is 0 Å². The number of fused-ring (bicyclic) bond motifs is 1. The molecule has 3 heterocycles. The van der Waals surface area contributed by atoms with Crippen LogP contribution in [0.4, 0.5) is 0 Å². The number of aliphatic hydroxyl groups is 1. The lowest BCUT2D eigenvalue weighted by molar-refractivity contribution is -0.124. The zero-order valence-corrected chi connectivity index (χ0v) is 14.4. The molecule has 0 aliphatic carbocycles. The van der Waals surface area contributed by atoms with Gasteiger partial charge in [0.1, 0.15) is 12.2 Å². The molecular weight excluding hydrogens is 312 g/mol. The Balaban J connectivity index is 1.40. The average molecular weight is 342 g/mol. The summed E-state index contributed by atoms with van der Waals surface area (Å²) in [6, 6.07) is 0.436. The second kappa shape index (κ2) is 8.58. The van der Waals surface area contributed by atoms with Gasteiger partial charge in [-0.1, -0.05) is 6.92 Å². The highest BCUT2D eigenvalue weighted by Gasteiger charge is 2.50. The molecular formula is C17H30N2O5. The van der Waals surface area contributed by atoms with E-state index in [1.54, 1.807) is 0 Å². The molecule has 3 N–H and O–H groups in total. The van der Waals surface area contributed by atoms with E-state index < -0.39 is 6.10 Å². The molecule has 0 aromatic heterocycles. The number of aliphatic hydroxyl groups excluding tert-OH is 1. The maximum Gasteiger partial charge on any atom is 0.222 e. The Morgan fingerprint density at radius 2 is 2.04 bits per heavy atom. The van der Waals surface area contributed by atoms with Crippen LogP contribution in [-0.2, 0) is 19.0 Å². The van der Waals surface area contributed by atoms with Crippen LogP contribution in [0.5, 0.6) is 0 Å². The summed E-state index contributed by atoms with van der Waals surface area (Å²) in [5, 5.41) is 16.8. The third-order valence-corrected chi connectivity index (χ3v) is 5.09. The molecule has 24 heavy (non-hydrogen) atoms. The molecule has 0 unspecified atom stereocenters. The molecule has 0 aromatic carbocycles. The second-order valence-corrected chi connectivity index (χ2v) is 7.01. The molecule has 0 radical (unpaired) electrons. The molecule has 1 amide bonds. The number of carbonyl (C=O) groups is 1. The van der Waals surface area contributed by atoms with Crippen molar-refractivity contribution < 1.29 is 24.1 Å². The van der Waals surface area contributed by atoms with E-state index in [0.717, 1.165) is 32.5 Å². The van der Waals surface area contributed by atoms with E-state index in [0.29, 0.717) is 32.0 Å². The summed E-state index contributed by atoms with van der Waals surface area (Å²) in [6.07, 6.45) is 2.50. The zero-order valence-electron chi connectivity index (χ0n) is 14.4. The standard InChI is InChI=1S/C17H30N2O5/c1-2-5-18-15(20)9-12-8-13-17(23-12)16(21)14(24-13)10-19-11-3-6-22-7-4-11/h11-14,16-17,19,21H,2-10H2,1H3,(H,18,20)/t12-,13-,14-,16-,17+/m1/s1. The summed E-state index contributed by atoms with van der Waals surface area (Å²) in [6.45, 7) is 4.93. The van der Waals surface area contributed by atoms with Gasteiger partial charge in [-0.2, -0.15) is 0 Å². The van der Waals surface area contributed by atoms with Gasteiger partial charge in [0, 0.05) is 38.8 Å². The summed E-state index contributed by atoms with van der Waals surface area (Å²) in [4.78, 5) is 11.8. The zero-order chi connectivity index (χ0) is 16.9. The number of hydrogen-bond donors (Lipinski definition) is 3. The Kier molecular flexibility index (Phi) is 6.46. The maximum atomic E-state index is 11.8. The van der Waals surface area contributed by atoms with Crippen molar-refractivity contribution in [1.82, 2.24) is 10.6 Å². The first kappa shape index (κ1) is 18.1. The molecule has 3 aliphatic heterocycles. The van der Waals surface area contributed by atoms with E-state index >= 15 is 0 Å². The maximum absolute atomic E-state index is 11.8. The molecule has 0 aromatic rings. The topological polar surface area (TPSA) is 89.1 Å². The van der Waals surface area contributed by atoms with Crippen LogP contribution in [0, 0.1) is 0 Å². The molecule has 138 valence electrons. The van der Waals surface area contributed by atoms with Crippen LogP contribution in [0.25, 0.3) is 0 Å². The average Bonchev–Trinajstić information content (AvgIpc) is 3.11. The van der Waals surface area contributed by atoms with E-state index in [4.69, 9.17) is 14.2 Å². The molecule has 7 heteroatoms. The molecule has 3 saturated heterocycles. The number of rotatable bonds is 7. The van der Waals surface area contributed by atoms with Crippen LogP contribution in [0.15, 0.2) is 0 Å². The minimum Gasteiger partial charge on any atom is -0.388 e. The monoisotopic (exact) mass is 342 g/mol. The van der Waals surface area contributed by atoms with Crippen molar-refractivity contribution in [3.8, 4) is 0 Å². The van der Waals surface area contributed by atoms with E-state index in [9.17, 15) is 9.90 Å². The van der Waals surface area contributed by atoms with Gasteiger partial charge in [-0.05, 0) is 19.3 Å². The van der Waals surface area contributed by atoms with Crippen molar-refractivity contribution >= 4 is 5.91 Å². The molecule has 0 bridgehead atoms. The molecule has 3 aliphatic rings. The molecule has 3 fully saturated rings. The van der Waals surface area contributed by atoms with Crippen LogP contribution < -0.4 is 10.6 Å². The van der Waals surface area contributed by atoms with Gasteiger partial charge in [0.25, 0.3) is 0 Å². The van der Waals surface area contributed by atoms with Gasteiger partial charge >= 0.3 is 0 Å². The number of amides is 1. The minimum absolute atomic E-state index is 0.00838. The lowest BCUT2D eigenvalue weighted by atomic mass is 10.1. The number of nitrogens with one attached hydrogen (secondary N) is 2. The molecule has 7 nitrogen and oxygen atoms in total. The largest absolute Gasteiger partial charge is 0.388 e. The van der Waals surface area contributed by atoms with Gasteiger partial charge in [0.15, 0.2) is 0 Å². The highest BCUT2D eigenvalue weighted by molar-refractivity contribution is 5.76. The van der Waals surface area contributed by atoms with E-state index in [1.165, 1.54) is 0 Å². The van der Waals surface area contributed by atoms with Gasteiger partial charge in [0.05, 0.1) is 24.7 Å². The van der Waals surface area contributed by atoms with Gasteiger partial charge in [-0.25, -0.2) is 0 Å². The fraction of sp³-hybridized carbons (Fsp3) is 0.941. The normalized spacial score (nSPS) is 36.7. The summed E-state index contributed by atoms with van der Waals surface area (Å²) in [5.41, 5.74) is 0. The Hall–Kier alpha value is -0.730. The summed E-state index contributed by atoms with van der Waals surface area (Å²) in [7, 11) is 0. The second-order valence-electron chi connectivity index (χ2n) is 7.01. The van der Waals surface area contributed by atoms with Crippen LogP contribution in [0.3, 0.4) is 0 Å². The number of ether oxygens (including phenoxy) is 3. The quantitative estimate of drug-likeness (QED) is 0.601. The van der Waals surface area contributed by atoms with Crippen molar-refractivity contribution in [3.05, 3.63) is 0 Å². The SMILES string of the molecule is CCCNC(=O)C[C@H]1C[C@H]2O[C@H](CNC3CCOCC3)[C@@H](O)[C@H]2O1. The third kappa shape index (κ3) is 4.46. The van der Waals surface area contributed by atoms with Crippen molar-refractivity contribution in [2.24, 2.45) is 0 Å². The predicted molar refractivity (Wildman–Crippen MR) is 87.7 cm³/mol. The molecule has 0 spiro atoms.